The Morgan fingerprint density at radius 2 is 1.59 bits per heavy atom. The molecule has 5 atom stereocenters. The maximum absolute atomic E-state index is 6.70. The number of hydrogen-bond donors (Lipinski definition) is 0. The van der Waals surface area contributed by atoms with Crippen LogP contribution in [0.2, 0.25) is 38.3 Å². The van der Waals surface area contributed by atoms with E-state index in [0.29, 0.717) is 31.0 Å². The van der Waals surface area contributed by atoms with E-state index in [1.54, 1.807) is 21.3 Å². The molecule has 2 saturated heterocycles. The van der Waals surface area contributed by atoms with Crippen LogP contribution in [-0.4, -0.2) is 91.4 Å². The molecule has 29 heavy (non-hydrogen) atoms. The summed E-state index contributed by atoms with van der Waals surface area (Å²) < 4.78 is 53.6. The van der Waals surface area contributed by atoms with Gasteiger partial charge < -0.3 is 39.2 Å². The van der Waals surface area contributed by atoms with Crippen LogP contribution in [-0.2, 0) is 39.2 Å². The topological polar surface area (TPSA) is 86.4 Å². The Hall–Kier alpha value is 0.724. The van der Waals surface area contributed by atoms with Crippen LogP contribution < -0.4 is 0 Å². The molecule has 0 radical (unpaired) electrons. The number of ether oxygens (including phenoxy) is 2. The first kappa shape index (κ1) is 26.0. The second-order valence-corrected chi connectivity index (χ2v) is 22.3. The standard InChI is InChI=1S/C15H38O9Si5/c1-16-29(17-2,18-3)12-11-27(6)22-25(4)21-26(5)23-28(7,24-27)14-19-10-8-9-15-13-20-15/h15,25-26H,8-14H2,1-7H3. The molecule has 2 heterocycles. The third-order valence-electron chi connectivity index (χ3n) is 5.05. The first-order valence-electron chi connectivity index (χ1n) is 10.2. The highest BCUT2D eigenvalue weighted by atomic mass is 28.5. The van der Waals surface area contributed by atoms with Crippen LogP contribution in [0.15, 0.2) is 0 Å². The predicted molar refractivity (Wildman–Crippen MR) is 120 cm³/mol. The average molecular weight is 503 g/mol. The fourth-order valence-corrected chi connectivity index (χ4v) is 23.7. The van der Waals surface area contributed by atoms with Gasteiger partial charge in [-0.1, -0.05) is 0 Å². The van der Waals surface area contributed by atoms with Gasteiger partial charge in [0.15, 0.2) is 0 Å². The van der Waals surface area contributed by atoms with Gasteiger partial charge in [0.05, 0.1) is 18.9 Å². The lowest BCUT2D eigenvalue weighted by Crippen LogP contribution is -2.61. The lowest BCUT2D eigenvalue weighted by atomic mass is 10.3. The minimum atomic E-state index is -2.71. The lowest BCUT2D eigenvalue weighted by Gasteiger charge is -2.43. The van der Waals surface area contributed by atoms with E-state index in [-0.39, 0.29) is 0 Å². The Morgan fingerprint density at radius 3 is 2.14 bits per heavy atom. The maximum atomic E-state index is 6.70. The Morgan fingerprint density at radius 1 is 1.00 bits per heavy atom. The van der Waals surface area contributed by atoms with Gasteiger partial charge in [0, 0.05) is 34.0 Å². The molecule has 14 heteroatoms. The second-order valence-electron chi connectivity index (χ2n) is 7.82. The highest BCUT2D eigenvalue weighted by Gasteiger charge is 2.50. The van der Waals surface area contributed by atoms with E-state index in [1.807, 2.05) is 13.1 Å². The van der Waals surface area contributed by atoms with E-state index in [0.717, 1.165) is 19.4 Å². The molecule has 0 N–H and O–H groups in total. The summed E-state index contributed by atoms with van der Waals surface area (Å²) in [5.74, 6) is 0. The van der Waals surface area contributed by atoms with Crippen LogP contribution in [0, 0.1) is 0 Å². The summed E-state index contributed by atoms with van der Waals surface area (Å²) in [4.78, 5) is 0. The normalized spacial score (nSPS) is 35.9. The van der Waals surface area contributed by atoms with E-state index in [9.17, 15) is 0 Å². The smallest absolute Gasteiger partial charge is 0.420 e. The van der Waals surface area contributed by atoms with Gasteiger partial charge in [-0.15, -0.1) is 0 Å². The van der Waals surface area contributed by atoms with Crippen LogP contribution in [0.4, 0.5) is 0 Å². The zero-order valence-electron chi connectivity index (χ0n) is 18.9. The van der Waals surface area contributed by atoms with Crippen LogP contribution in [0.25, 0.3) is 0 Å². The van der Waals surface area contributed by atoms with Crippen LogP contribution in [0.5, 0.6) is 0 Å². The lowest BCUT2D eigenvalue weighted by molar-refractivity contribution is 0.122. The van der Waals surface area contributed by atoms with Gasteiger partial charge >= 0.3 is 25.9 Å². The van der Waals surface area contributed by atoms with Gasteiger partial charge in [-0.3, -0.25) is 0 Å². The third-order valence-corrected chi connectivity index (χ3v) is 23.3. The molecular formula is C15H38O9Si5. The average Bonchev–Trinajstić information content (AvgIpc) is 3.46. The van der Waals surface area contributed by atoms with Gasteiger partial charge in [0.1, 0.15) is 0 Å². The zero-order chi connectivity index (χ0) is 21.5. The highest BCUT2D eigenvalue weighted by Crippen LogP contribution is 2.30. The molecule has 0 aliphatic carbocycles. The highest BCUT2D eigenvalue weighted by molar-refractivity contribution is 6.87. The van der Waals surface area contributed by atoms with E-state index in [2.05, 4.69) is 13.1 Å². The molecule has 5 unspecified atom stereocenters. The van der Waals surface area contributed by atoms with Crippen molar-refractivity contribution in [3.05, 3.63) is 0 Å². The van der Waals surface area contributed by atoms with Crippen LogP contribution in [0.3, 0.4) is 0 Å². The first-order chi connectivity index (χ1) is 13.7. The summed E-state index contributed by atoms with van der Waals surface area (Å²) in [5.41, 5.74) is 0. The quantitative estimate of drug-likeness (QED) is 0.224. The number of rotatable bonds is 12. The summed E-state index contributed by atoms with van der Waals surface area (Å²) in [6, 6.07) is 1.32. The van der Waals surface area contributed by atoms with Gasteiger partial charge in [0.25, 0.3) is 18.6 Å². The summed E-state index contributed by atoms with van der Waals surface area (Å²) in [6.07, 6.45) is 2.94. The SMILES string of the molecule is CO[Si](CC[Si]1(C)O[SiH](C)O[SiH](C)O[Si](C)(COCCCC2CO2)O1)(OC)OC. The fraction of sp³-hybridized carbons (Fsp3) is 1.00. The molecule has 2 aliphatic rings. The van der Waals surface area contributed by atoms with Gasteiger partial charge in [-0.05, 0) is 45.1 Å². The van der Waals surface area contributed by atoms with Gasteiger partial charge in [0.2, 0.25) is 0 Å². The molecule has 2 rings (SSSR count). The van der Waals surface area contributed by atoms with Crippen molar-refractivity contribution in [3.8, 4) is 0 Å². The molecule has 0 aromatic carbocycles. The van der Waals surface area contributed by atoms with E-state index >= 15 is 0 Å². The molecule has 0 spiro atoms. The molecule has 9 nitrogen and oxygen atoms in total. The van der Waals surface area contributed by atoms with E-state index in [4.69, 9.17) is 39.2 Å². The first-order valence-corrected chi connectivity index (χ1v) is 21.4. The summed E-state index contributed by atoms with van der Waals surface area (Å²) in [7, 11) is -6.68. The third kappa shape index (κ3) is 8.64. The minimum Gasteiger partial charge on any atom is -0.420 e. The maximum Gasteiger partial charge on any atom is 0.500 e. The Kier molecular flexibility index (Phi) is 10.3. The van der Waals surface area contributed by atoms with Crippen molar-refractivity contribution in [1.29, 1.82) is 0 Å². The monoisotopic (exact) mass is 502 g/mol. The summed E-state index contributed by atoms with van der Waals surface area (Å²) in [6.45, 7) is 9.78. The summed E-state index contributed by atoms with van der Waals surface area (Å²) >= 11 is 0. The van der Waals surface area contributed by atoms with Crippen molar-refractivity contribution in [2.45, 2.75) is 57.2 Å². The largest absolute Gasteiger partial charge is 0.500 e. The van der Waals surface area contributed by atoms with Crippen molar-refractivity contribution in [3.63, 3.8) is 0 Å². The van der Waals surface area contributed by atoms with Gasteiger partial charge in [-0.2, -0.15) is 0 Å². The molecule has 2 fully saturated rings. The fourth-order valence-electron chi connectivity index (χ4n) is 3.55. The van der Waals surface area contributed by atoms with Crippen molar-refractivity contribution in [1.82, 2.24) is 0 Å². The van der Waals surface area contributed by atoms with Crippen molar-refractivity contribution >= 4 is 44.5 Å². The van der Waals surface area contributed by atoms with Crippen molar-refractivity contribution in [2.24, 2.45) is 0 Å². The van der Waals surface area contributed by atoms with E-state index < -0.39 is 44.5 Å². The summed E-state index contributed by atoms with van der Waals surface area (Å²) in [5, 5.41) is 0. The minimum absolute atomic E-state index is 0.434. The molecular weight excluding hydrogens is 465 g/mol. The zero-order valence-corrected chi connectivity index (χ0v) is 24.2. The molecule has 172 valence electrons. The number of epoxide rings is 1. The van der Waals surface area contributed by atoms with Crippen LogP contribution >= 0.6 is 0 Å². The Labute approximate surface area is 181 Å². The van der Waals surface area contributed by atoms with Crippen LogP contribution in [0.1, 0.15) is 12.8 Å². The molecule has 0 bridgehead atoms. The molecule has 0 saturated carbocycles. The Bertz CT molecular complexity index is 491. The molecule has 0 aromatic rings. The van der Waals surface area contributed by atoms with E-state index in [1.165, 1.54) is 0 Å². The number of hydrogen-bond acceptors (Lipinski definition) is 9. The molecule has 0 amide bonds. The second kappa shape index (κ2) is 11.5. The predicted octanol–water partition coefficient (Wildman–Crippen LogP) is 1.52. The van der Waals surface area contributed by atoms with Gasteiger partial charge in [-0.25, -0.2) is 0 Å². The molecule has 2 aliphatic heterocycles. The van der Waals surface area contributed by atoms with Crippen molar-refractivity contribution in [2.75, 3.05) is 40.8 Å². The molecule has 0 aromatic heterocycles. The van der Waals surface area contributed by atoms with Crippen molar-refractivity contribution < 1.29 is 39.2 Å². The Balaban J connectivity index is 1.99.